The highest BCUT2D eigenvalue weighted by Crippen LogP contribution is 2.34. The molecular formula is C13H10ClNOS. The highest BCUT2D eigenvalue weighted by Gasteiger charge is 2.12. The number of hydrogen-bond donors (Lipinski definition) is 2. The van der Waals surface area contributed by atoms with Crippen LogP contribution in [0.15, 0.2) is 47.4 Å². The molecular weight excluding hydrogens is 254 g/mol. The maximum absolute atomic E-state index is 11.4. The second-order valence-electron chi connectivity index (χ2n) is 3.55. The molecule has 0 saturated carbocycles. The number of rotatable bonds is 2. The third kappa shape index (κ3) is 2.30. The Labute approximate surface area is 110 Å². The summed E-state index contributed by atoms with van der Waals surface area (Å²) in [7, 11) is 0. The number of carbonyl (C=O) groups is 1. The molecule has 0 aliphatic rings. The van der Waals surface area contributed by atoms with Crippen LogP contribution in [0.3, 0.4) is 0 Å². The second-order valence-corrected chi connectivity index (χ2v) is 4.41. The number of amides is 1. The van der Waals surface area contributed by atoms with Crippen molar-refractivity contribution in [2.75, 3.05) is 0 Å². The van der Waals surface area contributed by atoms with Gasteiger partial charge in [0.2, 0.25) is 5.91 Å². The van der Waals surface area contributed by atoms with Crippen molar-refractivity contribution in [3.05, 3.63) is 53.1 Å². The topological polar surface area (TPSA) is 43.1 Å². The lowest BCUT2D eigenvalue weighted by molar-refractivity contribution is 0.100. The molecule has 0 radical (unpaired) electrons. The Hall–Kier alpha value is -1.45. The smallest absolute Gasteiger partial charge is 0.249 e. The molecule has 0 bridgehead atoms. The summed E-state index contributed by atoms with van der Waals surface area (Å²) in [5.41, 5.74) is 7.27. The zero-order valence-electron chi connectivity index (χ0n) is 8.85. The lowest BCUT2D eigenvalue weighted by atomic mass is 9.99. The van der Waals surface area contributed by atoms with E-state index in [1.54, 1.807) is 18.2 Å². The maximum atomic E-state index is 11.4. The SMILES string of the molecule is NC(=O)c1ccccc1-c1cccc(S)c1Cl. The Morgan fingerprint density at radius 3 is 2.41 bits per heavy atom. The summed E-state index contributed by atoms with van der Waals surface area (Å²) in [5.74, 6) is -0.471. The average molecular weight is 264 g/mol. The Kier molecular flexibility index (Phi) is 3.41. The third-order valence-corrected chi connectivity index (χ3v) is 3.37. The first-order valence-corrected chi connectivity index (χ1v) is 5.80. The highest BCUT2D eigenvalue weighted by atomic mass is 35.5. The Balaban J connectivity index is 2.69. The molecule has 0 heterocycles. The van der Waals surface area contributed by atoms with E-state index in [4.69, 9.17) is 17.3 Å². The van der Waals surface area contributed by atoms with Gasteiger partial charge in [-0.3, -0.25) is 4.79 Å². The van der Waals surface area contributed by atoms with Crippen LogP contribution < -0.4 is 5.73 Å². The molecule has 0 spiro atoms. The van der Waals surface area contributed by atoms with E-state index in [2.05, 4.69) is 12.6 Å². The predicted octanol–water partition coefficient (Wildman–Crippen LogP) is 3.39. The van der Waals surface area contributed by atoms with E-state index in [0.717, 1.165) is 11.1 Å². The summed E-state index contributed by atoms with van der Waals surface area (Å²) in [6.07, 6.45) is 0. The molecule has 1 amide bonds. The number of benzene rings is 2. The molecule has 2 nitrogen and oxygen atoms in total. The van der Waals surface area contributed by atoms with Crippen LogP contribution in [-0.4, -0.2) is 5.91 Å². The molecule has 2 aromatic rings. The normalized spacial score (nSPS) is 10.2. The first-order valence-electron chi connectivity index (χ1n) is 4.98. The molecule has 0 saturated heterocycles. The van der Waals surface area contributed by atoms with Crippen molar-refractivity contribution in [2.24, 2.45) is 5.73 Å². The van der Waals surface area contributed by atoms with Crippen molar-refractivity contribution in [2.45, 2.75) is 4.90 Å². The predicted molar refractivity (Wildman–Crippen MR) is 72.7 cm³/mol. The van der Waals surface area contributed by atoms with Crippen molar-refractivity contribution >= 4 is 30.1 Å². The maximum Gasteiger partial charge on any atom is 0.249 e. The highest BCUT2D eigenvalue weighted by molar-refractivity contribution is 7.80. The van der Waals surface area contributed by atoms with Gasteiger partial charge in [0.25, 0.3) is 0 Å². The van der Waals surface area contributed by atoms with Crippen molar-refractivity contribution in [3.8, 4) is 11.1 Å². The molecule has 0 atom stereocenters. The van der Waals surface area contributed by atoms with E-state index in [1.165, 1.54) is 0 Å². The monoisotopic (exact) mass is 263 g/mol. The molecule has 0 unspecified atom stereocenters. The summed E-state index contributed by atoms with van der Waals surface area (Å²) in [6.45, 7) is 0. The number of thiol groups is 1. The van der Waals surface area contributed by atoms with Crippen LogP contribution in [0.4, 0.5) is 0 Å². The molecule has 0 aliphatic carbocycles. The Bertz CT molecular complexity index is 583. The fourth-order valence-electron chi connectivity index (χ4n) is 1.66. The molecule has 4 heteroatoms. The van der Waals surface area contributed by atoms with Gasteiger partial charge in [0.05, 0.1) is 5.02 Å². The van der Waals surface area contributed by atoms with Crippen molar-refractivity contribution in [3.63, 3.8) is 0 Å². The van der Waals surface area contributed by atoms with E-state index in [-0.39, 0.29) is 0 Å². The summed E-state index contributed by atoms with van der Waals surface area (Å²) < 4.78 is 0. The Morgan fingerprint density at radius 1 is 1.06 bits per heavy atom. The van der Waals surface area contributed by atoms with Gasteiger partial charge < -0.3 is 5.73 Å². The van der Waals surface area contributed by atoms with Gasteiger partial charge in [-0.15, -0.1) is 12.6 Å². The van der Waals surface area contributed by atoms with Gasteiger partial charge in [0.15, 0.2) is 0 Å². The van der Waals surface area contributed by atoms with E-state index in [1.807, 2.05) is 24.3 Å². The third-order valence-electron chi connectivity index (χ3n) is 2.46. The summed E-state index contributed by atoms with van der Waals surface area (Å²) in [4.78, 5) is 12.0. The van der Waals surface area contributed by atoms with Crippen LogP contribution in [0.25, 0.3) is 11.1 Å². The van der Waals surface area contributed by atoms with E-state index >= 15 is 0 Å². The van der Waals surface area contributed by atoms with E-state index < -0.39 is 5.91 Å². The fraction of sp³-hybridized carbons (Fsp3) is 0. The summed E-state index contributed by atoms with van der Waals surface area (Å²) >= 11 is 10.4. The minimum atomic E-state index is -0.471. The van der Waals surface area contributed by atoms with Gasteiger partial charge in [0.1, 0.15) is 0 Å². The number of nitrogens with two attached hydrogens (primary N) is 1. The van der Waals surface area contributed by atoms with E-state index in [0.29, 0.717) is 15.5 Å². The van der Waals surface area contributed by atoms with Crippen LogP contribution in [-0.2, 0) is 0 Å². The molecule has 17 heavy (non-hydrogen) atoms. The van der Waals surface area contributed by atoms with Crippen LogP contribution >= 0.6 is 24.2 Å². The molecule has 86 valence electrons. The first kappa shape index (κ1) is 12.0. The van der Waals surface area contributed by atoms with Crippen LogP contribution in [0.2, 0.25) is 5.02 Å². The summed E-state index contributed by atoms with van der Waals surface area (Å²) in [5, 5.41) is 0.518. The number of carbonyl (C=O) groups excluding carboxylic acids is 1. The zero-order chi connectivity index (χ0) is 12.4. The molecule has 0 aromatic heterocycles. The first-order chi connectivity index (χ1) is 8.11. The minimum Gasteiger partial charge on any atom is -0.366 e. The quantitative estimate of drug-likeness (QED) is 0.802. The lowest BCUT2D eigenvalue weighted by Crippen LogP contribution is -2.12. The van der Waals surface area contributed by atoms with Gasteiger partial charge in [-0.05, 0) is 17.7 Å². The average Bonchev–Trinajstić information content (AvgIpc) is 2.33. The number of primary amides is 1. The van der Waals surface area contributed by atoms with Crippen molar-refractivity contribution in [1.29, 1.82) is 0 Å². The fourth-order valence-corrected chi connectivity index (χ4v) is 2.09. The van der Waals surface area contributed by atoms with Crippen molar-refractivity contribution < 1.29 is 4.79 Å². The second kappa shape index (κ2) is 4.82. The van der Waals surface area contributed by atoms with Crippen LogP contribution in [0.5, 0.6) is 0 Å². The summed E-state index contributed by atoms with van der Waals surface area (Å²) in [6, 6.07) is 12.6. The van der Waals surface area contributed by atoms with Gasteiger partial charge in [0, 0.05) is 16.0 Å². The van der Waals surface area contributed by atoms with Crippen molar-refractivity contribution in [1.82, 2.24) is 0 Å². The van der Waals surface area contributed by atoms with Gasteiger partial charge in [-0.2, -0.15) is 0 Å². The van der Waals surface area contributed by atoms with Crippen LogP contribution in [0.1, 0.15) is 10.4 Å². The molecule has 0 fully saturated rings. The van der Waals surface area contributed by atoms with E-state index in [9.17, 15) is 4.79 Å². The molecule has 2 rings (SSSR count). The van der Waals surface area contributed by atoms with Gasteiger partial charge >= 0.3 is 0 Å². The molecule has 2 aromatic carbocycles. The minimum absolute atomic E-state index is 0.452. The standard InChI is InChI=1S/C13H10ClNOS/c14-12-9(6-3-7-11(12)17)8-4-1-2-5-10(8)13(15)16/h1-7,17H,(H2,15,16). The molecule has 0 aliphatic heterocycles. The van der Waals surface area contributed by atoms with Crippen LogP contribution in [0, 0.1) is 0 Å². The Morgan fingerprint density at radius 2 is 1.71 bits per heavy atom. The number of hydrogen-bond acceptors (Lipinski definition) is 2. The molecule has 2 N–H and O–H groups in total. The largest absolute Gasteiger partial charge is 0.366 e. The zero-order valence-corrected chi connectivity index (χ0v) is 10.5. The van der Waals surface area contributed by atoms with Gasteiger partial charge in [-0.1, -0.05) is 41.9 Å². The lowest BCUT2D eigenvalue weighted by Gasteiger charge is -2.09. The number of halogens is 1. The van der Waals surface area contributed by atoms with Gasteiger partial charge in [-0.25, -0.2) is 0 Å².